The van der Waals surface area contributed by atoms with Crippen molar-refractivity contribution in [3.63, 3.8) is 0 Å². The van der Waals surface area contributed by atoms with Crippen LogP contribution >= 0.6 is 0 Å². The molecule has 0 spiro atoms. The van der Waals surface area contributed by atoms with Crippen LogP contribution in [-0.2, 0) is 4.79 Å². The maximum Gasteiger partial charge on any atom is 0.228 e. The van der Waals surface area contributed by atoms with Crippen LogP contribution in [0.3, 0.4) is 0 Å². The minimum Gasteiger partial charge on any atom is -0.383 e. The number of rotatable bonds is 8. The molecule has 2 aromatic heterocycles. The van der Waals surface area contributed by atoms with Gasteiger partial charge in [0.1, 0.15) is 17.3 Å². The zero-order valence-electron chi connectivity index (χ0n) is 19.0. The molecule has 1 aromatic carbocycles. The van der Waals surface area contributed by atoms with Crippen LogP contribution in [0.25, 0.3) is 22.4 Å². The molecule has 1 aliphatic rings. The van der Waals surface area contributed by atoms with Crippen molar-refractivity contribution in [3.05, 3.63) is 54.1 Å². The van der Waals surface area contributed by atoms with E-state index in [2.05, 4.69) is 25.8 Å². The molecule has 6 nitrogen and oxygen atoms in total. The maximum atomic E-state index is 14.5. The van der Waals surface area contributed by atoms with Crippen LogP contribution in [0.4, 0.5) is 20.3 Å². The number of nitrogens with zero attached hydrogens (tertiary/aromatic N) is 3. The van der Waals surface area contributed by atoms with Crippen LogP contribution < -0.4 is 10.6 Å². The van der Waals surface area contributed by atoms with Crippen LogP contribution in [-0.4, -0.2) is 33.3 Å². The van der Waals surface area contributed by atoms with Gasteiger partial charge in [0, 0.05) is 29.8 Å². The smallest absolute Gasteiger partial charge is 0.228 e. The summed E-state index contributed by atoms with van der Waals surface area (Å²) in [5.41, 5.74) is 2.60. The van der Waals surface area contributed by atoms with Gasteiger partial charge in [0.05, 0.1) is 17.6 Å². The Morgan fingerprint density at radius 3 is 2.70 bits per heavy atom. The number of aromatic nitrogens is 3. The number of amides is 1. The van der Waals surface area contributed by atoms with Gasteiger partial charge in [-0.2, -0.15) is 10.2 Å². The Morgan fingerprint density at radius 1 is 1.18 bits per heavy atom. The Balaban J connectivity index is 1.58. The molecule has 0 unspecified atom stereocenters. The third kappa shape index (κ3) is 5.88. The Morgan fingerprint density at radius 2 is 1.97 bits per heavy atom. The molecule has 0 radical (unpaired) electrons. The minimum atomic E-state index is -1.33. The van der Waals surface area contributed by atoms with Gasteiger partial charge in [0.25, 0.3) is 0 Å². The summed E-state index contributed by atoms with van der Waals surface area (Å²) in [6, 6.07) is 8.60. The van der Waals surface area contributed by atoms with E-state index in [9.17, 15) is 13.6 Å². The SMILES string of the molecule is Cc1cc(F)c(NCCC(C)(C)F)cc1-c1cc(-c2ccnc(NC(=O)C3CC3)c2)cnn1. The summed E-state index contributed by atoms with van der Waals surface area (Å²) < 4.78 is 28.3. The molecule has 3 aromatic rings. The zero-order chi connectivity index (χ0) is 23.6. The Bertz CT molecular complexity index is 1170. The molecule has 2 N–H and O–H groups in total. The second kappa shape index (κ2) is 9.21. The lowest BCUT2D eigenvalue weighted by molar-refractivity contribution is -0.117. The van der Waals surface area contributed by atoms with E-state index in [4.69, 9.17) is 0 Å². The lowest BCUT2D eigenvalue weighted by Crippen LogP contribution is -2.18. The van der Waals surface area contributed by atoms with Crippen molar-refractivity contribution in [2.24, 2.45) is 5.92 Å². The number of halogens is 2. The van der Waals surface area contributed by atoms with Gasteiger partial charge in [-0.25, -0.2) is 13.8 Å². The van der Waals surface area contributed by atoms with Crippen LogP contribution in [0.2, 0.25) is 0 Å². The summed E-state index contributed by atoms with van der Waals surface area (Å²) in [7, 11) is 0. The number of alkyl halides is 1. The molecule has 1 fully saturated rings. The lowest BCUT2D eigenvalue weighted by atomic mass is 10.0. The molecule has 1 amide bonds. The van der Waals surface area contributed by atoms with Gasteiger partial charge in [0.15, 0.2) is 0 Å². The van der Waals surface area contributed by atoms with Gasteiger partial charge >= 0.3 is 0 Å². The third-order valence-corrected chi connectivity index (χ3v) is 5.57. The average Bonchev–Trinajstić information content (AvgIpc) is 3.60. The average molecular weight is 452 g/mol. The summed E-state index contributed by atoms with van der Waals surface area (Å²) in [6.07, 6.45) is 5.36. The highest BCUT2D eigenvalue weighted by Gasteiger charge is 2.29. The molecule has 4 rings (SSSR count). The number of benzene rings is 1. The van der Waals surface area contributed by atoms with Crippen molar-refractivity contribution in [1.29, 1.82) is 0 Å². The van der Waals surface area contributed by atoms with E-state index >= 15 is 0 Å². The monoisotopic (exact) mass is 451 g/mol. The normalized spacial score (nSPS) is 13.6. The van der Waals surface area contributed by atoms with Crippen molar-refractivity contribution in [1.82, 2.24) is 15.2 Å². The van der Waals surface area contributed by atoms with Gasteiger partial charge in [0.2, 0.25) is 5.91 Å². The number of pyridine rings is 1. The van der Waals surface area contributed by atoms with E-state index in [1.54, 1.807) is 31.5 Å². The predicted octanol–water partition coefficient (Wildman–Crippen LogP) is 5.55. The van der Waals surface area contributed by atoms with E-state index in [1.807, 2.05) is 12.1 Å². The van der Waals surface area contributed by atoms with Crippen LogP contribution in [0, 0.1) is 18.7 Å². The minimum absolute atomic E-state index is 0.00805. The van der Waals surface area contributed by atoms with E-state index in [0.717, 1.165) is 29.5 Å². The van der Waals surface area contributed by atoms with Crippen molar-refractivity contribution >= 4 is 17.4 Å². The van der Waals surface area contributed by atoms with Crippen LogP contribution in [0.1, 0.15) is 38.7 Å². The summed E-state index contributed by atoms with van der Waals surface area (Å²) in [5.74, 6) is 0.168. The van der Waals surface area contributed by atoms with Gasteiger partial charge in [-0.15, -0.1) is 0 Å². The summed E-state index contributed by atoms with van der Waals surface area (Å²) in [5, 5.41) is 14.2. The fraction of sp³-hybridized carbons (Fsp3) is 0.360. The number of hydrogen-bond acceptors (Lipinski definition) is 5. The van der Waals surface area contributed by atoms with Crippen LogP contribution in [0.15, 0.2) is 42.7 Å². The third-order valence-electron chi connectivity index (χ3n) is 5.57. The summed E-state index contributed by atoms with van der Waals surface area (Å²) >= 11 is 0. The topological polar surface area (TPSA) is 79.8 Å². The molecule has 33 heavy (non-hydrogen) atoms. The Kier molecular flexibility index (Phi) is 6.35. The van der Waals surface area contributed by atoms with Crippen molar-refractivity contribution < 1.29 is 13.6 Å². The first-order valence-corrected chi connectivity index (χ1v) is 11.0. The van der Waals surface area contributed by atoms with Gasteiger partial charge in [-0.1, -0.05) is 0 Å². The Hall–Kier alpha value is -3.42. The van der Waals surface area contributed by atoms with Crippen molar-refractivity contribution in [2.45, 2.75) is 45.7 Å². The standard InChI is InChI=1S/C25H27F2N5O/c1-15-10-20(26)22(28-9-7-25(2,3)27)13-19(15)21-11-18(14-30-32-21)17-6-8-29-23(12-17)31-24(33)16-4-5-16/h6,8,10-14,16,28H,4-5,7,9H2,1-3H3,(H,29,31,33). The second-order valence-corrected chi connectivity index (χ2v) is 9.07. The van der Waals surface area contributed by atoms with E-state index in [-0.39, 0.29) is 18.2 Å². The highest BCUT2D eigenvalue weighted by molar-refractivity contribution is 5.93. The largest absolute Gasteiger partial charge is 0.383 e. The van der Waals surface area contributed by atoms with E-state index < -0.39 is 11.5 Å². The Labute approximate surface area is 191 Å². The number of anilines is 2. The molecule has 172 valence electrons. The first kappa shape index (κ1) is 22.8. The molecule has 2 heterocycles. The lowest BCUT2D eigenvalue weighted by Gasteiger charge is -2.16. The second-order valence-electron chi connectivity index (χ2n) is 9.07. The fourth-order valence-electron chi connectivity index (χ4n) is 3.49. The molecule has 0 atom stereocenters. The highest BCUT2D eigenvalue weighted by Crippen LogP contribution is 2.32. The molecule has 0 bridgehead atoms. The summed E-state index contributed by atoms with van der Waals surface area (Å²) in [4.78, 5) is 16.3. The zero-order valence-corrected chi connectivity index (χ0v) is 19.0. The van der Waals surface area contributed by atoms with Gasteiger partial charge in [-0.05, 0) is 81.5 Å². The van der Waals surface area contributed by atoms with E-state index in [1.165, 1.54) is 19.9 Å². The highest BCUT2D eigenvalue weighted by atomic mass is 19.1. The molecule has 1 saturated carbocycles. The number of nitrogens with one attached hydrogen (secondary N) is 2. The van der Waals surface area contributed by atoms with Gasteiger partial charge < -0.3 is 10.6 Å². The molecule has 0 aliphatic heterocycles. The quantitative estimate of drug-likeness (QED) is 0.469. The predicted molar refractivity (Wildman–Crippen MR) is 125 cm³/mol. The molecular weight excluding hydrogens is 424 g/mol. The van der Waals surface area contributed by atoms with Crippen molar-refractivity contribution in [3.8, 4) is 22.4 Å². The fourth-order valence-corrected chi connectivity index (χ4v) is 3.49. The van der Waals surface area contributed by atoms with Crippen molar-refractivity contribution in [2.75, 3.05) is 17.2 Å². The van der Waals surface area contributed by atoms with Crippen LogP contribution in [0.5, 0.6) is 0 Å². The number of hydrogen-bond donors (Lipinski definition) is 2. The van der Waals surface area contributed by atoms with E-state index in [0.29, 0.717) is 29.3 Å². The number of carbonyl (C=O) groups excluding carboxylic acids is 1. The van der Waals surface area contributed by atoms with Gasteiger partial charge in [-0.3, -0.25) is 4.79 Å². The molecule has 8 heteroatoms. The molecule has 1 aliphatic carbocycles. The molecule has 0 saturated heterocycles. The number of carbonyl (C=O) groups is 1. The first-order valence-electron chi connectivity index (χ1n) is 11.0. The summed E-state index contributed by atoms with van der Waals surface area (Å²) in [6.45, 7) is 5.10. The first-order chi connectivity index (χ1) is 15.7. The maximum absolute atomic E-state index is 14.5. The number of aryl methyl sites for hydroxylation is 1. The molecular formula is C25H27F2N5O.